The lowest BCUT2D eigenvalue weighted by molar-refractivity contribution is -0.143. The molecule has 0 saturated carbocycles. The first-order valence-corrected chi connectivity index (χ1v) is 15.7. The number of alkyl halides is 6. The van der Waals surface area contributed by atoms with Crippen LogP contribution >= 0.6 is 11.6 Å². The van der Waals surface area contributed by atoms with Crippen molar-refractivity contribution < 1.29 is 35.9 Å². The average Bonchev–Trinajstić information content (AvgIpc) is 3.56. The third-order valence-corrected chi connectivity index (χ3v) is 9.16. The molecular formula is C33H33ClF6N4O2. The van der Waals surface area contributed by atoms with Crippen LogP contribution in [-0.2, 0) is 18.9 Å². The van der Waals surface area contributed by atoms with Gasteiger partial charge in [-0.1, -0.05) is 23.7 Å². The standard InChI is InChI=1S/C33H33ClF6N4O2/c34-25-6-4-22(5-7-25)27-19-28(43-13-8-26(9-14-43)42-10-1-2-11-42)41-30-29(27)31(45)44(12-3-15-46-30)20-21-16-23(32(35,36)37)18-24(17-21)33(38,39)40/h4-7,16-19,26H,1-3,8-15,20H2. The second-order valence-electron chi connectivity index (χ2n) is 12.0. The van der Waals surface area contributed by atoms with Crippen molar-refractivity contribution in [2.45, 2.75) is 57.0 Å². The van der Waals surface area contributed by atoms with Crippen molar-refractivity contribution >= 4 is 23.3 Å². The Kier molecular flexibility index (Phi) is 9.13. The molecule has 6 nitrogen and oxygen atoms in total. The normalized spacial score (nSPS) is 18.7. The van der Waals surface area contributed by atoms with Crippen LogP contribution in [0, 0.1) is 0 Å². The van der Waals surface area contributed by atoms with Gasteiger partial charge < -0.3 is 19.4 Å². The second kappa shape index (κ2) is 12.9. The van der Waals surface area contributed by atoms with Crippen LogP contribution in [0.3, 0.4) is 0 Å². The average molecular weight is 667 g/mol. The highest BCUT2D eigenvalue weighted by Crippen LogP contribution is 2.39. The van der Waals surface area contributed by atoms with Gasteiger partial charge in [0.15, 0.2) is 0 Å². The number of ether oxygens (including phenoxy) is 1. The molecule has 0 radical (unpaired) electrons. The first-order chi connectivity index (χ1) is 21.9. The van der Waals surface area contributed by atoms with Gasteiger partial charge in [0, 0.05) is 42.8 Å². The number of anilines is 1. The number of carbonyl (C=O) groups excluding carboxylic acids is 1. The largest absolute Gasteiger partial charge is 0.477 e. The Morgan fingerprint density at radius 2 is 1.46 bits per heavy atom. The maximum atomic E-state index is 14.2. The van der Waals surface area contributed by atoms with Crippen LogP contribution < -0.4 is 9.64 Å². The van der Waals surface area contributed by atoms with E-state index >= 15 is 0 Å². The number of halogens is 7. The highest BCUT2D eigenvalue weighted by atomic mass is 35.5. The summed E-state index contributed by atoms with van der Waals surface area (Å²) in [5.41, 5.74) is -1.90. The number of amides is 1. The Labute approximate surface area is 267 Å². The molecule has 0 N–H and O–H groups in total. The molecule has 2 saturated heterocycles. The number of fused-ring (bicyclic) bond motifs is 1. The summed E-state index contributed by atoms with van der Waals surface area (Å²) in [6.45, 7) is 3.52. The zero-order valence-corrected chi connectivity index (χ0v) is 25.7. The van der Waals surface area contributed by atoms with E-state index in [4.69, 9.17) is 21.3 Å². The van der Waals surface area contributed by atoms with E-state index in [0.717, 1.165) is 39.0 Å². The molecule has 246 valence electrons. The smallest absolute Gasteiger partial charge is 0.416 e. The van der Waals surface area contributed by atoms with E-state index in [0.29, 0.717) is 46.6 Å². The number of carbonyl (C=O) groups is 1. The summed E-state index contributed by atoms with van der Waals surface area (Å²) in [5, 5.41) is 0.485. The monoisotopic (exact) mass is 666 g/mol. The molecule has 0 aliphatic carbocycles. The quantitative estimate of drug-likeness (QED) is 0.259. The predicted molar refractivity (Wildman–Crippen MR) is 162 cm³/mol. The molecule has 2 fully saturated rings. The summed E-state index contributed by atoms with van der Waals surface area (Å²) in [4.78, 5) is 25.0. The molecule has 6 rings (SSSR count). The maximum Gasteiger partial charge on any atom is 0.416 e. The lowest BCUT2D eigenvalue weighted by Gasteiger charge is -2.37. The molecule has 3 aliphatic heterocycles. The lowest BCUT2D eigenvalue weighted by Crippen LogP contribution is -2.44. The first kappa shape index (κ1) is 32.4. The molecule has 4 heterocycles. The number of nitrogens with zero attached hydrogens (tertiary/aromatic N) is 4. The fourth-order valence-electron chi connectivity index (χ4n) is 6.57. The number of likely N-dealkylation sites (tertiary alicyclic amines) is 1. The molecule has 3 aromatic rings. The molecule has 2 aromatic carbocycles. The molecule has 0 unspecified atom stereocenters. The van der Waals surface area contributed by atoms with Crippen LogP contribution in [0.15, 0.2) is 48.5 Å². The van der Waals surface area contributed by atoms with Gasteiger partial charge in [-0.3, -0.25) is 4.79 Å². The van der Waals surface area contributed by atoms with Crippen molar-refractivity contribution in [3.63, 3.8) is 0 Å². The summed E-state index contributed by atoms with van der Waals surface area (Å²) in [6.07, 6.45) is -5.31. The zero-order chi connectivity index (χ0) is 32.6. The van der Waals surface area contributed by atoms with Crippen molar-refractivity contribution in [1.29, 1.82) is 0 Å². The van der Waals surface area contributed by atoms with Gasteiger partial charge >= 0.3 is 12.4 Å². The third-order valence-electron chi connectivity index (χ3n) is 8.91. The van der Waals surface area contributed by atoms with Gasteiger partial charge in [-0.25, -0.2) is 0 Å². The molecule has 0 bridgehead atoms. The Bertz CT molecular complexity index is 1530. The summed E-state index contributed by atoms with van der Waals surface area (Å²) in [5.74, 6) is 0.118. The van der Waals surface area contributed by atoms with Crippen molar-refractivity contribution in [1.82, 2.24) is 14.8 Å². The Hall–Kier alpha value is -3.51. The number of hydrogen-bond donors (Lipinski definition) is 0. The third kappa shape index (κ3) is 7.07. The maximum absolute atomic E-state index is 14.2. The van der Waals surface area contributed by atoms with Crippen molar-refractivity contribution in [3.8, 4) is 17.0 Å². The summed E-state index contributed by atoms with van der Waals surface area (Å²) >= 11 is 6.16. The minimum Gasteiger partial charge on any atom is -0.477 e. The highest BCUT2D eigenvalue weighted by molar-refractivity contribution is 6.30. The van der Waals surface area contributed by atoms with E-state index in [1.807, 2.05) is 6.07 Å². The number of benzene rings is 2. The first-order valence-electron chi connectivity index (χ1n) is 15.4. The number of pyridine rings is 1. The highest BCUT2D eigenvalue weighted by Gasteiger charge is 2.38. The van der Waals surface area contributed by atoms with E-state index in [1.54, 1.807) is 24.3 Å². The Balaban J connectivity index is 1.36. The Morgan fingerprint density at radius 1 is 0.826 bits per heavy atom. The number of hydrogen-bond acceptors (Lipinski definition) is 5. The van der Waals surface area contributed by atoms with Crippen LogP contribution in [0.4, 0.5) is 32.2 Å². The van der Waals surface area contributed by atoms with E-state index in [-0.39, 0.29) is 36.2 Å². The molecule has 3 aliphatic rings. The van der Waals surface area contributed by atoms with Crippen LogP contribution in [0.25, 0.3) is 11.1 Å². The zero-order valence-electron chi connectivity index (χ0n) is 24.9. The Morgan fingerprint density at radius 3 is 2.07 bits per heavy atom. The van der Waals surface area contributed by atoms with Gasteiger partial charge in [-0.05, 0) is 92.7 Å². The summed E-state index contributed by atoms with van der Waals surface area (Å²) in [7, 11) is 0. The topological polar surface area (TPSA) is 48.9 Å². The fraction of sp³-hybridized carbons (Fsp3) is 0.455. The molecule has 46 heavy (non-hydrogen) atoms. The number of rotatable bonds is 5. The number of piperidine rings is 1. The van der Waals surface area contributed by atoms with E-state index in [9.17, 15) is 31.1 Å². The molecule has 1 aromatic heterocycles. The second-order valence-corrected chi connectivity index (χ2v) is 12.5. The molecule has 0 spiro atoms. The van der Waals surface area contributed by atoms with Gasteiger partial charge in [0.25, 0.3) is 5.91 Å². The molecule has 0 atom stereocenters. The van der Waals surface area contributed by atoms with Crippen molar-refractivity contribution in [2.75, 3.05) is 44.2 Å². The van der Waals surface area contributed by atoms with Crippen LogP contribution in [0.1, 0.15) is 59.2 Å². The van der Waals surface area contributed by atoms with Crippen LogP contribution in [0.2, 0.25) is 5.02 Å². The van der Waals surface area contributed by atoms with Crippen LogP contribution in [-0.4, -0.2) is 66.1 Å². The van der Waals surface area contributed by atoms with Crippen molar-refractivity contribution in [2.24, 2.45) is 0 Å². The summed E-state index contributed by atoms with van der Waals surface area (Å²) in [6, 6.07) is 10.6. The molecule has 13 heteroatoms. The molecular weight excluding hydrogens is 634 g/mol. The molecule has 1 amide bonds. The van der Waals surface area contributed by atoms with Crippen LogP contribution in [0.5, 0.6) is 5.88 Å². The van der Waals surface area contributed by atoms with Gasteiger partial charge in [0.1, 0.15) is 11.4 Å². The van der Waals surface area contributed by atoms with Gasteiger partial charge in [0.05, 0.1) is 17.7 Å². The minimum absolute atomic E-state index is 0.0572. The van der Waals surface area contributed by atoms with E-state index in [1.165, 1.54) is 17.7 Å². The fourth-order valence-corrected chi connectivity index (χ4v) is 6.70. The number of aromatic nitrogens is 1. The van der Waals surface area contributed by atoms with Crippen molar-refractivity contribution in [3.05, 3.63) is 75.8 Å². The van der Waals surface area contributed by atoms with E-state index in [2.05, 4.69) is 9.80 Å². The predicted octanol–water partition coefficient (Wildman–Crippen LogP) is 7.93. The van der Waals surface area contributed by atoms with Gasteiger partial charge in [-0.15, -0.1) is 0 Å². The SMILES string of the molecule is O=C1c2c(-c3ccc(Cl)cc3)cc(N3CCC(N4CCCC4)CC3)nc2OCCCN1Cc1cc(C(F)(F)F)cc(C(F)(F)F)c1. The van der Waals surface area contributed by atoms with E-state index < -0.39 is 35.9 Å². The van der Waals surface area contributed by atoms with Gasteiger partial charge in [-0.2, -0.15) is 31.3 Å². The lowest BCUT2D eigenvalue weighted by atomic mass is 9.98. The minimum atomic E-state index is -5.00. The summed E-state index contributed by atoms with van der Waals surface area (Å²) < 4.78 is 87.5. The van der Waals surface area contributed by atoms with Gasteiger partial charge in [0.2, 0.25) is 5.88 Å².